The van der Waals surface area contributed by atoms with Crippen LogP contribution < -0.4 is 5.32 Å². The summed E-state index contributed by atoms with van der Waals surface area (Å²) in [6.45, 7) is -0.317. The number of fused-ring (bicyclic) bond motifs is 1. The van der Waals surface area contributed by atoms with Crippen LogP contribution in [0.15, 0.2) is 101 Å². The van der Waals surface area contributed by atoms with Gasteiger partial charge in [0.25, 0.3) is 5.91 Å². The second kappa shape index (κ2) is 15.5. The number of halogens is 5. The number of carbonyl (C=O) groups is 1. The van der Waals surface area contributed by atoms with Crippen molar-refractivity contribution in [1.29, 1.82) is 0 Å². The van der Waals surface area contributed by atoms with E-state index in [4.69, 9.17) is 14.5 Å². The van der Waals surface area contributed by atoms with Gasteiger partial charge >= 0.3 is 0 Å². The molecule has 1 aliphatic rings. The van der Waals surface area contributed by atoms with Crippen molar-refractivity contribution in [1.82, 2.24) is 10.3 Å². The van der Waals surface area contributed by atoms with Gasteiger partial charge in [0.2, 0.25) is 5.82 Å². The average molecular weight is 749 g/mol. The number of aliphatic hydroxyl groups is 1. The Hall–Kier alpha value is -4.66. The molecule has 0 radical (unpaired) electrons. The fraction of sp³-hybridized carbons (Fsp3) is 0.179. The summed E-state index contributed by atoms with van der Waals surface area (Å²) in [5.41, 5.74) is 3.85. The SMILES string of the molecule is O=C(NCc1ccccc1-c1ccc([C@@H]2O[C@H](CSc3nc4ccccc4s3)C[C@H](c3ccc(CO)cc3)O2)cc1)c1c(F)c(F)c(F)c(F)c1F. The number of hydrogen-bond donors (Lipinski definition) is 2. The third-order valence-corrected chi connectivity index (χ3v) is 11.0. The van der Waals surface area contributed by atoms with Crippen LogP contribution in [0.5, 0.6) is 0 Å². The molecule has 1 saturated heterocycles. The van der Waals surface area contributed by atoms with Crippen molar-refractivity contribution in [2.24, 2.45) is 0 Å². The topological polar surface area (TPSA) is 80.7 Å². The molecule has 266 valence electrons. The second-order valence-corrected chi connectivity index (χ2v) is 14.3. The van der Waals surface area contributed by atoms with E-state index >= 15 is 0 Å². The van der Waals surface area contributed by atoms with E-state index < -0.39 is 46.8 Å². The second-order valence-electron chi connectivity index (χ2n) is 12.0. The van der Waals surface area contributed by atoms with Crippen LogP contribution in [0.4, 0.5) is 22.0 Å². The van der Waals surface area contributed by atoms with E-state index in [1.165, 1.54) is 0 Å². The summed E-state index contributed by atoms with van der Waals surface area (Å²) >= 11 is 3.26. The molecule has 1 aliphatic heterocycles. The number of benzene rings is 5. The van der Waals surface area contributed by atoms with Crippen LogP contribution in [0.1, 0.15) is 51.4 Å². The van der Waals surface area contributed by atoms with Gasteiger partial charge in [0, 0.05) is 24.3 Å². The van der Waals surface area contributed by atoms with E-state index in [0.717, 1.165) is 36.8 Å². The lowest BCUT2D eigenvalue weighted by atomic mass is 9.97. The first-order valence-corrected chi connectivity index (χ1v) is 18.0. The number of thioether (sulfide) groups is 1. The molecule has 1 amide bonds. The number of nitrogens with one attached hydrogen (secondary N) is 1. The summed E-state index contributed by atoms with van der Waals surface area (Å²) in [4.78, 5) is 17.4. The minimum Gasteiger partial charge on any atom is -0.392 e. The maximum atomic E-state index is 14.2. The first kappa shape index (κ1) is 35.7. The van der Waals surface area contributed by atoms with Crippen LogP contribution in [0.2, 0.25) is 0 Å². The number of aromatic nitrogens is 1. The number of amides is 1. The van der Waals surface area contributed by atoms with E-state index in [0.29, 0.717) is 23.3 Å². The molecule has 52 heavy (non-hydrogen) atoms. The van der Waals surface area contributed by atoms with Crippen molar-refractivity contribution in [3.63, 3.8) is 0 Å². The van der Waals surface area contributed by atoms with Crippen LogP contribution in [-0.4, -0.2) is 27.9 Å². The number of ether oxygens (including phenoxy) is 2. The van der Waals surface area contributed by atoms with E-state index in [9.17, 15) is 31.9 Å². The number of para-hydroxylation sites is 1. The molecule has 0 saturated carbocycles. The third-order valence-electron chi connectivity index (χ3n) is 8.67. The molecule has 0 unspecified atom stereocenters. The third kappa shape index (κ3) is 7.46. The van der Waals surface area contributed by atoms with Crippen molar-refractivity contribution in [2.45, 2.75) is 42.4 Å². The molecule has 6 nitrogen and oxygen atoms in total. The number of hydrogen-bond acceptors (Lipinski definition) is 7. The fourth-order valence-corrected chi connectivity index (χ4v) is 8.06. The molecule has 0 bridgehead atoms. The molecule has 2 heterocycles. The van der Waals surface area contributed by atoms with Gasteiger partial charge < -0.3 is 19.9 Å². The fourth-order valence-electron chi connectivity index (χ4n) is 5.94. The lowest BCUT2D eigenvalue weighted by molar-refractivity contribution is -0.245. The molecular formula is C39H29F5N2O4S2. The monoisotopic (exact) mass is 748 g/mol. The van der Waals surface area contributed by atoms with Gasteiger partial charge in [0.1, 0.15) is 5.56 Å². The van der Waals surface area contributed by atoms with Crippen molar-refractivity contribution in [3.05, 3.63) is 154 Å². The highest BCUT2D eigenvalue weighted by molar-refractivity contribution is 8.01. The van der Waals surface area contributed by atoms with E-state index in [1.54, 1.807) is 47.4 Å². The minimum atomic E-state index is -2.34. The Morgan fingerprint density at radius 1 is 0.808 bits per heavy atom. The van der Waals surface area contributed by atoms with Crippen LogP contribution in [-0.2, 0) is 22.6 Å². The molecule has 5 aromatic carbocycles. The number of carbonyl (C=O) groups excluding carboxylic acids is 1. The molecule has 7 rings (SSSR count). The molecule has 1 fully saturated rings. The molecule has 2 N–H and O–H groups in total. The Labute approximate surface area is 303 Å². The number of nitrogens with zero attached hydrogens (tertiary/aromatic N) is 1. The number of rotatable bonds is 10. The highest BCUT2D eigenvalue weighted by Gasteiger charge is 2.33. The standard InChI is InChI=1S/C39H29F5N2O4S2/c40-32-31(33(41)35(43)36(44)34(32)42)37(48)45-18-25-5-1-2-6-27(25)22-13-15-24(16-14-22)38-49-26(17-29(50-38)23-11-9-21(19-47)10-12-23)20-51-39-46-28-7-3-4-8-30(28)52-39/h1-16,26,29,38,47H,17-20H2,(H,45,48)/t26-,29+,38+/m0/s1. The number of thiazole rings is 1. The molecule has 0 aliphatic carbocycles. The van der Waals surface area contributed by atoms with Crippen LogP contribution >= 0.6 is 23.1 Å². The summed E-state index contributed by atoms with van der Waals surface area (Å²) < 4.78 is 84.4. The van der Waals surface area contributed by atoms with Crippen molar-refractivity contribution in [3.8, 4) is 11.1 Å². The maximum Gasteiger partial charge on any atom is 0.257 e. The van der Waals surface area contributed by atoms with Gasteiger partial charge in [0.15, 0.2) is 33.9 Å². The lowest BCUT2D eigenvalue weighted by Gasteiger charge is -2.36. The summed E-state index contributed by atoms with van der Waals surface area (Å²) in [6.07, 6.45) is -0.564. The summed E-state index contributed by atoms with van der Waals surface area (Å²) in [7, 11) is 0. The van der Waals surface area contributed by atoms with Crippen molar-refractivity contribution < 1.29 is 41.3 Å². The predicted octanol–water partition coefficient (Wildman–Crippen LogP) is 9.42. The smallest absolute Gasteiger partial charge is 0.257 e. The maximum absolute atomic E-state index is 14.2. The van der Waals surface area contributed by atoms with E-state index in [-0.39, 0.29) is 25.4 Å². The zero-order valence-corrected chi connectivity index (χ0v) is 28.8. The first-order valence-electron chi connectivity index (χ1n) is 16.2. The van der Waals surface area contributed by atoms with Crippen LogP contribution in [0.3, 0.4) is 0 Å². The molecule has 0 spiro atoms. The van der Waals surface area contributed by atoms with Gasteiger partial charge in [0.05, 0.1) is 29.0 Å². The molecular weight excluding hydrogens is 720 g/mol. The summed E-state index contributed by atoms with van der Waals surface area (Å²) in [5.74, 6) is -11.9. The zero-order chi connectivity index (χ0) is 36.4. The zero-order valence-electron chi connectivity index (χ0n) is 27.1. The molecule has 6 aromatic rings. The summed E-state index contributed by atoms with van der Waals surface area (Å²) in [6, 6.07) is 29.9. The lowest BCUT2D eigenvalue weighted by Crippen LogP contribution is -2.31. The van der Waals surface area contributed by atoms with Gasteiger partial charge in [-0.2, -0.15) is 0 Å². The van der Waals surface area contributed by atoms with Crippen molar-refractivity contribution in [2.75, 3.05) is 5.75 Å². The highest BCUT2D eigenvalue weighted by atomic mass is 32.2. The molecule has 13 heteroatoms. The Morgan fingerprint density at radius 2 is 1.46 bits per heavy atom. The highest BCUT2D eigenvalue weighted by Crippen LogP contribution is 2.41. The molecule has 3 atom stereocenters. The Balaban J connectivity index is 1.09. The number of aliphatic hydroxyl groups excluding tert-OH is 1. The Morgan fingerprint density at radius 3 is 2.17 bits per heavy atom. The Kier molecular flexibility index (Phi) is 10.7. The van der Waals surface area contributed by atoms with Gasteiger partial charge in [-0.1, -0.05) is 96.7 Å². The van der Waals surface area contributed by atoms with Crippen molar-refractivity contribution >= 4 is 39.2 Å². The van der Waals surface area contributed by atoms with Gasteiger partial charge in [-0.25, -0.2) is 26.9 Å². The Bertz CT molecular complexity index is 2170. The van der Waals surface area contributed by atoms with Crippen LogP contribution in [0, 0.1) is 29.1 Å². The first-order chi connectivity index (χ1) is 25.2. The van der Waals surface area contributed by atoms with E-state index in [1.807, 2.05) is 72.8 Å². The van der Waals surface area contributed by atoms with Gasteiger partial charge in [-0.05, 0) is 39.9 Å². The largest absolute Gasteiger partial charge is 0.392 e. The quantitative estimate of drug-likeness (QED) is 0.0629. The minimum absolute atomic E-state index is 0.0634. The van der Waals surface area contributed by atoms with Gasteiger partial charge in [-0.3, -0.25) is 4.79 Å². The summed E-state index contributed by atoms with van der Waals surface area (Å²) in [5, 5.41) is 11.8. The normalized spacial score (nSPS) is 17.4. The van der Waals surface area contributed by atoms with E-state index in [2.05, 4.69) is 5.32 Å². The van der Waals surface area contributed by atoms with Gasteiger partial charge in [-0.15, -0.1) is 11.3 Å². The average Bonchev–Trinajstić information content (AvgIpc) is 3.61. The predicted molar refractivity (Wildman–Crippen MR) is 188 cm³/mol. The van der Waals surface area contributed by atoms with Crippen LogP contribution in [0.25, 0.3) is 21.3 Å². The molecule has 1 aromatic heterocycles.